The zero-order valence-corrected chi connectivity index (χ0v) is 16.6. The molecule has 0 atom stereocenters. The molecule has 0 aliphatic carbocycles. The third kappa shape index (κ3) is 3.91. The summed E-state index contributed by atoms with van der Waals surface area (Å²) in [6.07, 6.45) is 0.966. The van der Waals surface area contributed by atoms with Crippen LogP contribution in [-0.4, -0.2) is 36.6 Å². The number of hydrogen-bond acceptors (Lipinski definition) is 8. The highest BCUT2D eigenvalue weighted by atomic mass is 32.2. The Kier molecular flexibility index (Phi) is 5.82. The predicted octanol–water partition coefficient (Wildman–Crippen LogP) is 3.48. The van der Waals surface area contributed by atoms with E-state index in [1.165, 1.54) is 33.5 Å². The van der Waals surface area contributed by atoms with Crippen LogP contribution in [0.3, 0.4) is 0 Å². The van der Waals surface area contributed by atoms with Crippen molar-refractivity contribution in [2.24, 2.45) is 0 Å². The lowest BCUT2D eigenvalue weighted by atomic mass is 10.1. The quantitative estimate of drug-likeness (QED) is 0.618. The highest BCUT2D eigenvalue weighted by Gasteiger charge is 2.18. The smallest absolute Gasteiger partial charge is 0.236 e. The van der Waals surface area contributed by atoms with Crippen LogP contribution in [0.2, 0.25) is 0 Å². The van der Waals surface area contributed by atoms with Crippen molar-refractivity contribution in [1.29, 1.82) is 0 Å². The van der Waals surface area contributed by atoms with E-state index in [1.807, 2.05) is 0 Å². The van der Waals surface area contributed by atoms with Crippen molar-refractivity contribution in [3.8, 4) is 11.4 Å². The van der Waals surface area contributed by atoms with Crippen LogP contribution in [0.4, 0.5) is 5.13 Å². The Bertz CT molecular complexity index is 855. The van der Waals surface area contributed by atoms with E-state index in [1.54, 1.807) is 16.8 Å². The number of carbonyl (C=O) groups excluding carboxylic acids is 1. The maximum atomic E-state index is 12.0. The van der Waals surface area contributed by atoms with Gasteiger partial charge in [0.1, 0.15) is 5.51 Å². The normalized spacial score (nSPS) is 11.0. The lowest BCUT2D eigenvalue weighted by Gasteiger charge is -2.08. The molecular weight excluding hydrogens is 376 g/mol. The van der Waals surface area contributed by atoms with Crippen molar-refractivity contribution in [3.05, 3.63) is 21.3 Å². The molecular formula is C15H18N6OS3. The Hall–Kier alpha value is -1.78. The summed E-state index contributed by atoms with van der Waals surface area (Å²) in [6.45, 7) is 7.09. The van der Waals surface area contributed by atoms with E-state index in [4.69, 9.17) is 0 Å². The number of amides is 1. The van der Waals surface area contributed by atoms with Gasteiger partial charge in [-0.3, -0.25) is 10.1 Å². The molecule has 0 saturated heterocycles. The second-order valence-electron chi connectivity index (χ2n) is 5.17. The van der Waals surface area contributed by atoms with Crippen LogP contribution >= 0.6 is 34.4 Å². The largest absolute Gasteiger partial charge is 0.302 e. The Labute approximate surface area is 157 Å². The summed E-state index contributed by atoms with van der Waals surface area (Å²) in [6, 6.07) is 0. The first-order valence-corrected chi connectivity index (χ1v) is 10.6. The number of nitrogens with one attached hydrogen (secondary N) is 1. The molecule has 25 heavy (non-hydrogen) atoms. The third-order valence-electron chi connectivity index (χ3n) is 3.67. The van der Waals surface area contributed by atoms with Gasteiger partial charge in [0.15, 0.2) is 11.0 Å². The SMILES string of the molecule is CCc1c(-c2nnc(SCC(=O)Nc3nncs3)n2CC)csc1C. The fourth-order valence-electron chi connectivity index (χ4n) is 2.50. The van der Waals surface area contributed by atoms with Crippen LogP contribution in [0.1, 0.15) is 24.3 Å². The molecule has 0 unspecified atom stereocenters. The summed E-state index contributed by atoms with van der Waals surface area (Å²) in [4.78, 5) is 13.3. The summed E-state index contributed by atoms with van der Waals surface area (Å²) in [5.74, 6) is 0.992. The second kappa shape index (κ2) is 8.07. The average Bonchev–Trinajstić information content (AvgIpc) is 3.32. The number of carbonyl (C=O) groups is 1. The molecule has 0 aliphatic heterocycles. The van der Waals surface area contributed by atoms with Gasteiger partial charge in [0, 0.05) is 22.4 Å². The minimum atomic E-state index is -0.130. The van der Waals surface area contributed by atoms with Gasteiger partial charge in [-0.2, -0.15) is 0 Å². The Morgan fingerprint density at radius 1 is 1.28 bits per heavy atom. The fourth-order valence-corrected chi connectivity index (χ4v) is 4.70. The van der Waals surface area contributed by atoms with Crippen molar-refractivity contribution in [2.45, 2.75) is 38.9 Å². The molecule has 0 aromatic carbocycles. The summed E-state index contributed by atoms with van der Waals surface area (Å²) >= 11 is 4.40. The monoisotopic (exact) mass is 394 g/mol. The van der Waals surface area contributed by atoms with Crippen molar-refractivity contribution >= 4 is 45.5 Å². The van der Waals surface area contributed by atoms with Gasteiger partial charge in [0.05, 0.1) is 5.75 Å². The van der Waals surface area contributed by atoms with Gasteiger partial charge in [-0.25, -0.2) is 0 Å². The highest BCUT2D eigenvalue weighted by molar-refractivity contribution is 7.99. The van der Waals surface area contributed by atoms with Crippen LogP contribution in [0.15, 0.2) is 16.0 Å². The molecule has 3 rings (SSSR count). The van der Waals surface area contributed by atoms with Gasteiger partial charge in [-0.15, -0.1) is 31.7 Å². The van der Waals surface area contributed by atoms with Crippen LogP contribution in [0.25, 0.3) is 11.4 Å². The zero-order valence-electron chi connectivity index (χ0n) is 14.1. The van der Waals surface area contributed by atoms with Crippen LogP contribution < -0.4 is 5.32 Å². The number of thioether (sulfide) groups is 1. The Balaban J connectivity index is 1.75. The molecule has 1 amide bonds. The molecule has 1 N–H and O–H groups in total. The van der Waals surface area contributed by atoms with Gasteiger partial charge >= 0.3 is 0 Å². The molecule has 0 spiro atoms. The molecule has 0 bridgehead atoms. The lowest BCUT2D eigenvalue weighted by molar-refractivity contribution is -0.113. The van der Waals surface area contributed by atoms with Gasteiger partial charge in [-0.1, -0.05) is 30.0 Å². The van der Waals surface area contributed by atoms with Gasteiger partial charge in [0.2, 0.25) is 11.0 Å². The van der Waals surface area contributed by atoms with E-state index in [9.17, 15) is 4.79 Å². The number of aromatic nitrogens is 5. The van der Waals surface area contributed by atoms with E-state index in [0.29, 0.717) is 5.13 Å². The van der Waals surface area contributed by atoms with Gasteiger partial charge < -0.3 is 4.57 Å². The number of thiophene rings is 1. The van der Waals surface area contributed by atoms with E-state index in [-0.39, 0.29) is 11.7 Å². The van der Waals surface area contributed by atoms with Crippen molar-refractivity contribution in [1.82, 2.24) is 25.0 Å². The molecule has 3 aromatic heterocycles. The van der Waals surface area contributed by atoms with E-state index < -0.39 is 0 Å². The topological polar surface area (TPSA) is 85.6 Å². The van der Waals surface area contributed by atoms with Gasteiger partial charge in [-0.05, 0) is 25.8 Å². The molecule has 3 heterocycles. The number of hydrogen-bond donors (Lipinski definition) is 1. The summed E-state index contributed by atoms with van der Waals surface area (Å²) < 4.78 is 2.06. The summed E-state index contributed by atoms with van der Waals surface area (Å²) in [5.41, 5.74) is 4.04. The lowest BCUT2D eigenvalue weighted by Crippen LogP contribution is -2.14. The molecule has 10 heteroatoms. The predicted molar refractivity (Wildman–Crippen MR) is 102 cm³/mol. The number of aryl methyl sites for hydroxylation is 1. The van der Waals surface area contributed by atoms with E-state index >= 15 is 0 Å². The molecule has 0 fully saturated rings. The first-order chi connectivity index (χ1) is 12.1. The number of nitrogens with zero attached hydrogens (tertiary/aromatic N) is 5. The summed E-state index contributed by atoms with van der Waals surface area (Å²) in [5, 5.41) is 22.3. The molecule has 0 saturated carbocycles. The highest BCUT2D eigenvalue weighted by Crippen LogP contribution is 2.32. The van der Waals surface area contributed by atoms with E-state index in [2.05, 4.69) is 56.4 Å². The standard InChI is InChI=1S/C15H18N6OS3/c1-4-10-9(3)23-6-11(10)13-18-20-15(21(13)5-2)24-7-12(22)17-14-19-16-8-25-14/h6,8H,4-5,7H2,1-3H3,(H,17,19,22). The molecule has 0 aliphatic rings. The molecule has 7 nitrogen and oxygen atoms in total. The first-order valence-electron chi connectivity index (χ1n) is 7.83. The first kappa shape index (κ1) is 18.0. The molecule has 0 radical (unpaired) electrons. The molecule has 3 aromatic rings. The third-order valence-corrected chi connectivity index (χ3v) is 6.20. The Morgan fingerprint density at radius 2 is 2.12 bits per heavy atom. The second-order valence-corrected chi connectivity index (χ2v) is 8.03. The van der Waals surface area contributed by atoms with Crippen LogP contribution in [-0.2, 0) is 17.8 Å². The maximum absolute atomic E-state index is 12.0. The Morgan fingerprint density at radius 3 is 2.80 bits per heavy atom. The van der Waals surface area contributed by atoms with Gasteiger partial charge in [0.25, 0.3) is 0 Å². The van der Waals surface area contributed by atoms with Crippen LogP contribution in [0, 0.1) is 6.92 Å². The average molecular weight is 395 g/mol. The van der Waals surface area contributed by atoms with Crippen molar-refractivity contribution < 1.29 is 4.79 Å². The van der Waals surface area contributed by atoms with Crippen molar-refractivity contribution in [3.63, 3.8) is 0 Å². The number of rotatable bonds is 7. The van der Waals surface area contributed by atoms with Crippen molar-refractivity contribution in [2.75, 3.05) is 11.1 Å². The molecule has 132 valence electrons. The minimum absolute atomic E-state index is 0.130. The minimum Gasteiger partial charge on any atom is -0.302 e. The fraction of sp³-hybridized carbons (Fsp3) is 0.400. The zero-order chi connectivity index (χ0) is 17.8. The number of anilines is 1. The maximum Gasteiger partial charge on any atom is 0.236 e. The summed E-state index contributed by atoms with van der Waals surface area (Å²) in [7, 11) is 0. The van der Waals surface area contributed by atoms with E-state index in [0.717, 1.165) is 29.5 Å². The van der Waals surface area contributed by atoms with Crippen LogP contribution in [0.5, 0.6) is 0 Å².